The molecule has 0 aliphatic carbocycles. The summed E-state index contributed by atoms with van der Waals surface area (Å²) in [4.78, 5) is 19.1. The Morgan fingerprint density at radius 3 is 2.58 bits per heavy atom. The molecule has 0 aliphatic rings. The van der Waals surface area contributed by atoms with Crippen molar-refractivity contribution in [2.24, 2.45) is 0 Å². The van der Waals surface area contributed by atoms with Gasteiger partial charge < -0.3 is 5.11 Å². The zero-order valence-corrected chi connectivity index (χ0v) is 11.0. The summed E-state index contributed by atoms with van der Waals surface area (Å²) in [5.74, 6) is -1.40. The van der Waals surface area contributed by atoms with Gasteiger partial charge in [0.25, 0.3) is 0 Å². The topological polar surface area (TPSA) is 63.1 Å². The van der Waals surface area contributed by atoms with Crippen molar-refractivity contribution in [1.29, 1.82) is 0 Å². The third-order valence-electron chi connectivity index (χ3n) is 2.62. The van der Waals surface area contributed by atoms with Crippen molar-refractivity contribution in [2.45, 2.75) is 13.8 Å². The van der Waals surface area contributed by atoms with E-state index in [2.05, 4.69) is 9.97 Å². The summed E-state index contributed by atoms with van der Waals surface area (Å²) in [5, 5.41) is 9.20. The molecule has 0 aliphatic heterocycles. The van der Waals surface area contributed by atoms with Gasteiger partial charge in [0.05, 0.1) is 11.3 Å². The Morgan fingerprint density at radius 1 is 1.26 bits per heavy atom. The van der Waals surface area contributed by atoms with E-state index in [1.165, 1.54) is 12.1 Å². The summed E-state index contributed by atoms with van der Waals surface area (Å²) in [7, 11) is 0. The number of hydrogen-bond acceptors (Lipinski definition) is 3. The van der Waals surface area contributed by atoms with E-state index in [4.69, 9.17) is 16.7 Å². The SMILES string of the molecule is Cc1nc(Cl)c(C)c(-c2cc(F)cc(C(=O)O)c2)n1. The number of carboxylic acid groups (broad SMARTS) is 1. The predicted octanol–water partition coefficient (Wildman–Crippen LogP) is 3.25. The Morgan fingerprint density at radius 2 is 1.95 bits per heavy atom. The van der Waals surface area contributed by atoms with Gasteiger partial charge in [0, 0.05) is 11.1 Å². The van der Waals surface area contributed by atoms with E-state index >= 15 is 0 Å². The first-order chi connectivity index (χ1) is 8.88. The second kappa shape index (κ2) is 4.93. The third kappa shape index (κ3) is 2.71. The highest BCUT2D eigenvalue weighted by atomic mass is 35.5. The number of benzene rings is 1. The van der Waals surface area contributed by atoms with Crippen molar-refractivity contribution in [2.75, 3.05) is 0 Å². The molecule has 0 spiro atoms. The third-order valence-corrected chi connectivity index (χ3v) is 2.98. The maximum atomic E-state index is 13.5. The number of rotatable bonds is 2. The van der Waals surface area contributed by atoms with E-state index in [1.807, 2.05) is 0 Å². The van der Waals surface area contributed by atoms with E-state index < -0.39 is 11.8 Å². The molecule has 0 unspecified atom stereocenters. The molecule has 1 heterocycles. The average Bonchev–Trinajstić information content (AvgIpc) is 2.32. The van der Waals surface area contributed by atoms with Gasteiger partial charge in [-0.15, -0.1) is 0 Å². The Kier molecular flexibility index (Phi) is 3.48. The van der Waals surface area contributed by atoms with Crippen LogP contribution in [-0.4, -0.2) is 21.0 Å². The molecule has 0 saturated carbocycles. The number of aromatic nitrogens is 2. The second-order valence-electron chi connectivity index (χ2n) is 4.07. The zero-order chi connectivity index (χ0) is 14.2. The number of carboxylic acids is 1. The van der Waals surface area contributed by atoms with Crippen LogP contribution in [0.5, 0.6) is 0 Å². The summed E-state index contributed by atoms with van der Waals surface area (Å²) < 4.78 is 13.5. The van der Waals surface area contributed by atoms with Crippen molar-refractivity contribution in [3.63, 3.8) is 0 Å². The fourth-order valence-electron chi connectivity index (χ4n) is 1.73. The highest BCUT2D eigenvalue weighted by Crippen LogP contribution is 2.27. The molecule has 1 N–H and O–H groups in total. The maximum Gasteiger partial charge on any atom is 0.335 e. The van der Waals surface area contributed by atoms with E-state index in [0.717, 1.165) is 6.07 Å². The number of carbonyl (C=O) groups is 1. The summed E-state index contributed by atoms with van der Waals surface area (Å²) in [6, 6.07) is 3.53. The lowest BCUT2D eigenvalue weighted by Crippen LogP contribution is -2.01. The molecular formula is C13H10ClFN2O2. The first-order valence-electron chi connectivity index (χ1n) is 5.43. The smallest absolute Gasteiger partial charge is 0.335 e. The lowest BCUT2D eigenvalue weighted by Gasteiger charge is -2.08. The van der Waals surface area contributed by atoms with Crippen molar-refractivity contribution >= 4 is 17.6 Å². The Bertz CT molecular complexity index is 674. The molecule has 2 aromatic rings. The molecule has 0 saturated heterocycles. The zero-order valence-electron chi connectivity index (χ0n) is 10.2. The molecule has 6 heteroatoms. The molecule has 0 amide bonds. The van der Waals surface area contributed by atoms with Crippen LogP contribution in [-0.2, 0) is 0 Å². The van der Waals surface area contributed by atoms with Crippen LogP contribution in [0.4, 0.5) is 4.39 Å². The van der Waals surface area contributed by atoms with E-state index in [-0.39, 0.29) is 10.7 Å². The number of halogens is 2. The van der Waals surface area contributed by atoms with Gasteiger partial charge in [0.2, 0.25) is 0 Å². The van der Waals surface area contributed by atoms with Crippen LogP contribution < -0.4 is 0 Å². The fourth-order valence-corrected chi connectivity index (χ4v) is 1.94. The van der Waals surface area contributed by atoms with Gasteiger partial charge in [-0.3, -0.25) is 0 Å². The van der Waals surface area contributed by atoms with Gasteiger partial charge in [-0.2, -0.15) is 0 Å². The minimum Gasteiger partial charge on any atom is -0.478 e. The van der Waals surface area contributed by atoms with Crippen molar-refractivity contribution in [3.8, 4) is 11.3 Å². The average molecular weight is 281 g/mol. The molecule has 2 rings (SSSR count). The van der Waals surface area contributed by atoms with Crippen molar-refractivity contribution < 1.29 is 14.3 Å². The van der Waals surface area contributed by atoms with Gasteiger partial charge in [-0.05, 0) is 32.0 Å². The van der Waals surface area contributed by atoms with E-state index in [1.54, 1.807) is 13.8 Å². The van der Waals surface area contributed by atoms with Crippen LogP contribution in [0, 0.1) is 19.7 Å². The normalized spacial score (nSPS) is 10.5. The van der Waals surface area contributed by atoms with E-state index in [0.29, 0.717) is 22.6 Å². The van der Waals surface area contributed by atoms with Crippen LogP contribution >= 0.6 is 11.6 Å². The summed E-state index contributed by atoms with van der Waals surface area (Å²) in [6.45, 7) is 3.36. The molecule has 4 nitrogen and oxygen atoms in total. The predicted molar refractivity (Wildman–Crippen MR) is 68.9 cm³/mol. The Balaban J connectivity index is 2.68. The van der Waals surface area contributed by atoms with Gasteiger partial charge >= 0.3 is 5.97 Å². The van der Waals surface area contributed by atoms with Crippen LogP contribution in [0.3, 0.4) is 0 Å². The van der Waals surface area contributed by atoms with Gasteiger partial charge in [0.15, 0.2) is 0 Å². The lowest BCUT2D eigenvalue weighted by molar-refractivity contribution is 0.0696. The first-order valence-corrected chi connectivity index (χ1v) is 5.81. The molecule has 0 atom stereocenters. The van der Waals surface area contributed by atoms with Crippen molar-refractivity contribution in [1.82, 2.24) is 9.97 Å². The van der Waals surface area contributed by atoms with Crippen LogP contribution in [0.1, 0.15) is 21.7 Å². The molecule has 0 fully saturated rings. The van der Waals surface area contributed by atoms with Crippen LogP contribution in [0.25, 0.3) is 11.3 Å². The Hall–Kier alpha value is -2.01. The monoisotopic (exact) mass is 280 g/mol. The number of nitrogens with zero attached hydrogens (tertiary/aromatic N) is 2. The summed E-state index contributed by atoms with van der Waals surface area (Å²) >= 11 is 5.95. The molecule has 1 aromatic heterocycles. The summed E-state index contributed by atoms with van der Waals surface area (Å²) in [6.07, 6.45) is 0. The highest BCUT2D eigenvalue weighted by molar-refractivity contribution is 6.30. The standard InChI is InChI=1S/C13H10ClFN2O2/c1-6-11(16-7(2)17-12(6)14)8-3-9(13(18)19)5-10(15)4-8/h3-5H,1-2H3,(H,18,19). The van der Waals surface area contributed by atoms with Gasteiger partial charge in [-0.1, -0.05) is 11.6 Å². The largest absolute Gasteiger partial charge is 0.478 e. The molecule has 1 aromatic carbocycles. The minimum absolute atomic E-state index is 0.137. The molecular weight excluding hydrogens is 271 g/mol. The fraction of sp³-hybridized carbons (Fsp3) is 0.154. The van der Waals surface area contributed by atoms with Gasteiger partial charge in [0.1, 0.15) is 16.8 Å². The van der Waals surface area contributed by atoms with E-state index in [9.17, 15) is 9.18 Å². The quantitative estimate of drug-likeness (QED) is 0.858. The molecule has 0 radical (unpaired) electrons. The minimum atomic E-state index is -1.20. The first kappa shape index (κ1) is 13.4. The molecule has 98 valence electrons. The lowest BCUT2D eigenvalue weighted by atomic mass is 10.0. The number of aromatic carboxylic acids is 1. The maximum absolute atomic E-state index is 13.5. The Labute approximate surface area is 113 Å². The summed E-state index contributed by atoms with van der Waals surface area (Å²) in [5.41, 5.74) is 1.23. The van der Waals surface area contributed by atoms with Gasteiger partial charge in [-0.25, -0.2) is 19.2 Å². The van der Waals surface area contributed by atoms with Crippen LogP contribution in [0.2, 0.25) is 5.15 Å². The van der Waals surface area contributed by atoms with Crippen molar-refractivity contribution in [3.05, 3.63) is 46.1 Å². The van der Waals surface area contributed by atoms with Crippen LogP contribution in [0.15, 0.2) is 18.2 Å². The number of aryl methyl sites for hydroxylation is 1. The second-order valence-corrected chi connectivity index (χ2v) is 4.43. The molecule has 0 bridgehead atoms. The molecule has 19 heavy (non-hydrogen) atoms. The highest BCUT2D eigenvalue weighted by Gasteiger charge is 2.13. The number of hydrogen-bond donors (Lipinski definition) is 1.